The van der Waals surface area contributed by atoms with E-state index in [0.29, 0.717) is 29.1 Å². The highest BCUT2D eigenvalue weighted by Gasteiger charge is 2.19. The molecule has 0 aliphatic heterocycles. The normalized spacial score (nSPS) is 10.8. The van der Waals surface area contributed by atoms with Crippen molar-refractivity contribution in [1.82, 2.24) is 14.7 Å². The van der Waals surface area contributed by atoms with Crippen molar-refractivity contribution >= 4 is 17.4 Å². The minimum atomic E-state index is -0.420. The van der Waals surface area contributed by atoms with Gasteiger partial charge in [-0.1, -0.05) is 6.92 Å². The maximum absolute atomic E-state index is 13.9. The molecule has 0 aliphatic rings. The highest BCUT2D eigenvalue weighted by Crippen LogP contribution is 2.30. The number of nitrogen functional groups attached to an aromatic ring is 1. The largest absolute Gasteiger partial charge is 0.497 e. The zero-order valence-electron chi connectivity index (χ0n) is 14.0. The number of ether oxygens (including phenoxy) is 1. The number of amides is 1. The fraction of sp³-hybridized carbons (Fsp3) is 0.222. The Morgan fingerprint density at radius 1 is 1.40 bits per heavy atom. The summed E-state index contributed by atoms with van der Waals surface area (Å²) in [6.45, 7) is 2.50. The van der Waals surface area contributed by atoms with Crippen molar-refractivity contribution in [2.24, 2.45) is 0 Å². The molecule has 3 aromatic rings. The van der Waals surface area contributed by atoms with Crippen molar-refractivity contribution in [2.45, 2.75) is 13.3 Å². The van der Waals surface area contributed by atoms with E-state index < -0.39 is 5.82 Å². The molecule has 0 fully saturated rings. The molecule has 1 amide bonds. The van der Waals surface area contributed by atoms with Crippen LogP contribution in [0.1, 0.15) is 23.8 Å². The number of nitrogens with one attached hydrogen (secondary N) is 1. The predicted octanol–water partition coefficient (Wildman–Crippen LogP) is 2.87. The molecule has 6 nitrogen and oxygen atoms in total. The second kappa shape index (κ2) is 6.80. The van der Waals surface area contributed by atoms with E-state index in [9.17, 15) is 9.18 Å². The molecule has 3 rings (SSSR count). The van der Waals surface area contributed by atoms with Crippen LogP contribution in [0.3, 0.4) is 0 Å². The van der Waals surface area contributed by atoms with Gasteiger partial charge in [0, 0.05) is 24.4 Å². The van der Waals surface area contributed by atoms with Crippen LogP contribution in [-0.4, -0.2) is 28.9 Å². The van der Waals surface area contributed by atoms with Crippen molar-refractivity contribution in [3.63, 3.8) is 0 Å². The summed E-state index contributed by atoms with van der Waals surface area (Å²) in [5.74, 6) is -0.103. The van der Waals surface area contributed by atoms with Gasteiger partial charge in [0.15, 0.2) is 5.69 Å². The molecule has 0 atom stereocenters. The molecular weight excluding hydrogens is 323 g/mol. The Labute approximate surface area is 144 Å². The molecule has 2 aromatic heterocycles. The monoisotopic (exact) mass is 342 g/mol. The molecule has 1 aromatic carbocycles. The number of methoxy groups -OCH3 is 1. The van der Waals surface area contributed by atoms with E-state index in [0.717, 1.165) is 6.42 Å². The molecule has 7 heteroatoms. The first kappa shape index (κ1) is 16.8. The average molecular weight is 342 g/mol. The Bertz CT molecular complexity index is 936. The van der Waals surface area contributed by atoms with E-state index in [2.05, 4.69) is 10.3 Å². The van der Waals surface area contributed by atoms with Crippen LogP contribution < -0.4 is 15.8 Å². The van der Waals surface area contributed by atoms with Gasteiger partial charge in [-0.25, -0.2) is 9.37 Å². The van der Waals surface area contributed by atoms with Gasteiger partial charge >= 0.3 is 0 Å². The minimum Gasteiger partial charge on any atom is -0.497 e. The zero-order valence-corrected chi connectivity index (χ0v) is 14.0. The van der Waals surface area contributed by atoms with Gasteiger partial charge < -0.3 is 15.8 Å². The molecular formula is C18H19FN4O2. The molecule has 25 heavy (non-hydrogen) atoms. The van der Waals surface area contributed by atoms with Crippen LogP contribution >= 0.6 is 0 Å². The number of benzene rings is 1. The molecule has 0 aliphatic carbocycles. The number of imidazole rings is 1. The van der Waals surface area contributed by atoms with Crippen LogP contribution in [0.15, 0.2) is 36.5 Å². The number of hydrogen-bond donors (Lipinski definition) is 2. The lowest BCUT2D eigenvalue weighted by Gasteiger charge is -2.07. The summed E-state index contributed by atoms with van der Waals surface area (Å²) >= 11 is 0. The van der Waals surface area contributed by atoms with Gasteiger partial charge in [0.2, 0.25) is 0 Å². The number of carbonyl (C=O) groups is 1. The smallest absolute Gasteiger partial charge is 0.273 e. The summed E-state index contributed by atoms with van der Waals surface area (Å²) in [6.07, 6.45) is 2.53. The van der Waals surface area contributed by atoms with Crippen molar-refractivity contribution in [3.8, 4) is 16.9 Å². The average Bonchev–Trinajstić information content (AvgIpc) is 2.96. The summed E-state index contributed by atoms with van der Waals surface area (Å²) in [4.78, 5) is 16.6. The van der Waals surface area contributed by atoms with E-state index in [1.54, 1.807) is 28.8 Å². The molecule has 0 bridgehead atoms. The third-order valence-corrected chi connectivity index (χ3v) is 3.86. The predicted molar refractivity (Wildman–Crippen MR) is 94.2 cm³/mol. The summed E-state index contributed by atoms with van der Waals surface area (Å²) < 4.78 is 20.6. The first-order valence-corrected chi connectivity index (χ1v) is 7.94. The molecule has 2 heterocycles. The molecule has 130 valence electrons. The third kappa shape index (κ3) is 3.13. The van der Waals surface area contributed by atoms with E-state index in [-0.39, 0.29) is 17.4 Å². The molecule has 3 N–H and O–H groups in total. The van der Waals surface area contributed by atoms with Crippen LogP contribution in [0, 0.1) is 5.82 Å². The Morgan fingerprint density at radius 3 is 2.92 bits per heavy atom. The fourth-order valence-electron chi connectivity index (χ4n) is 2.64. The number of anilines is 1. The van der Waals surface area contributed by atoms with Crippen LogP contribution in [0.4, 0.5) is 10.2 Å². The maximum atomic E-state index is 13.9. The fourth-order valence-corrected chi connectivity index (χ4v) is 2.64. The number of rotatable bonds is 5. The maximum Gasteiger partial charge on any atom is 0.273 e. The highest BCUT2D eigenvalue weighted by molar-refractivity contribution is 5.98. The number of carbonyl (C=O) groups excluding carboxylic acids is 1. The molecule has 0 saturated heterocycles. The van der Waals surface area contributed by atoms with Gasteiger partial charge in [-0.15, -0.1) is 0 Å². The highest BCUT2D eigenvalue weighted by atomic mass is 19.1. The summed E-state index contributed by atoms with van der Waals surface area (Å²) in [6, 6.07) is 7.96. The number of hydrogen-bond acceptors (Lipinski definition) is 4. The molecule has 0 saturated carbocycles. The SMILES string of the molecule is CCCNC(=O)c1nc2c(-c3cc(F)cc(OC)c3)cccn2c1N. The first-order valence-electron chi connectivity index (χ1n) is 7.94. The van der Waals surface area contributed by atoms with Gasteiger partial charge in [-0.2, -0.15) is 0 Å². The number of nitrogens with two attached hydrogens (primary N) is 1. The topological polar surface area (TPSA) is 81.6 Å². The Hall–Kier alpha value is -3.09. The Kier molecular flexibility index (Phi) is 4.56. The summed E-state index contributed by atoms with van der Waals surface area (Å²) in [5, 5.41) is 2.76. The van der Waals surface area contributed by atoms with Gasteiger partial charge in [0.25, 0.3) is 5.91 Å². The van der Waals surface area contributed by atoms with Crippen molar-refractivity contribution in [2.75, 3.05) is 19.4 Å². The Balaban J connectivity index is 2.14. The first-order chi connectivity index (χ1) is 12.0. The minimum absolute atomic E-state index is 0.157. The lowest BCUT2D eigenvalue weighted by Crippen LogP contribution is -2.25. The van der Waals surface area contributed by atoms with E-state index >= 15 is 0 Å². The number of pyridine rings is 1. The van der Waals surface area contributed by atoms with Gasteiger partial charge in [0.1, 0.15) is 23.0 Å². The molecule has 0 spiro atoms. The third-order valence-electron chi connectivity index (χ3n) is 3.86. The van der Waals surface area contributed by atoms with Crippen LogP contribution in [0.25, 0.3) is 16.8 Å². The Morgan fingerprint density at radius 2 is 2.20 bits per heavy atom. The van der Waals surface area contributed by atoms with Crippen molar-refractivity contribution in [1.29, 1.82) is 0 Å². The summed E-state index contributed by atoms with van der Waals surface area (Å²) in [5.41, 5.74) is 7.97. The summed E-state index contributed by atoms with van der Waals surface area (Å²) in [7, 11) is 1.48. The van der Waals surface area contributed by atoms with Crippen molar-refractivity contribution < 1.29 is 13.9 Å². The number of halogens is 1. The van der Waals surface area contributed by atoms with Gasteiger partial charge in [0.05, 0.1) is 7.11 Å². The molecule has 0 radical (unpaired) electrons. The molecule has 0 unspecified atom stereocenters. The van der Waals surface area contributed by atoms with Crippen LogP contribution in [-0.2, 0) is 0 Å². The van der Waals surface area contributed by atoms with E-state index in [1.807, 2.05) is 6.92 Å². The van der Waals surface area contributed by atoms with Crippen LogP contribution in [0.2, 0.25) is 0 Å². The van der Waals surface area contributed by atoms with Gasteiger partial charge in [-0.3, -0.25) is 9.20 Å². The number of nitrogens with zero attached hydrogens (tertiary/aromatic N) is 2. The van der Waals surface area contributed by atoms with Crippen LogP contribution in [0.5, 0.6) is 5.75 Å². The second-order valence-corrected chi connectivity index (χ2v) is 5.60. The lowest BCUT2D eigenvalue weighted by molar-refractivity contribution is 0.0950. The van der Waals surface area contributed by atoms with E-state index in [4.69, 9.17) is 10.5 Å². The quantitative estimate of drug-likeness (QED) is 0.747. The van der Waals surface area contributed by atoms with Crippen molar-refractivity contribution in [3.05, 3.63) is 48.0 Å². The van der Waals surface area contributed by atoms with Gasteiger partial charge in [-0.05, 0) is 36.2 Å². The number of fused-ring (bicyclic) bond motifs is 1. The lowest BCUT2D eigenvalue weighted by atomic mass is 10.1. The number of aromatic nitrogens is 2. The van der Waals surface area contributed by atoms with E-state index in [1.165, 1.54) is 19.2 Å². The standard InChI is InChI=1S/C18H19FN4O2/c1-3-6-21-18(24)15-16(20)23-7-4-5-14(17(23)22-15)11-8-12(19)10-13(9-11)25-2/h4-5,7-10H,3,6,20H2,1-2H3,(H,21,24). The second-order valence-electron chi connectivity index (χ2n) is 5.60. The zero-order chi connectivity index (χ0) is 18.0.